The highest BCUT2D eigenvalue weighted by atomic mass is 16.3. The predicted octanol–water partition coefficient (Wildman–Crippen LogP) is 0.662. The number of aliphatic hydroxyl groups excluding tert-OH is 1. The topological polar surface area (TPSA) is 487 Å². The number of fused-ring (bicyclic) bond motifs is 1. The SMILES string of the molecule is CCCCCCCCCCCCNCCCC[C@@H](NC(=O)[C@H](Cc1ccc(O)cc1)NC(=O)[C@H](CO)NC(=O)[C@H](Cc1c[nH]c2ccccc12)NC(=O)[C@H](Cc1cnc[nH]1)NC(=O)[C@@H]1CCC(=O)N1)C(=O)N[C@@H](CC(C)C)C(=O)N[C@@H](CCCN=C(N)N)C(=O)N1CCC[C@H]1C(=O)NCC(N)=O. The third-order valence-corrected chi connectivity index (χ3v) is 18.1. The first-order valence-electron chi connectivity index (χ1n) is 36.0. The quantitative estimate of drug-likeness (QED) is 0.0164. The van der Waals surface area contributed by atoms with E-state index in [1.807, 2.05) is 26.0 Å². The van der Waals surface area contributed by atoms with Gasteiger partial charge >= 0.3 is 0 Å². The molecule has 4 aromatic rings. The maximum absolute atomic E-state index is 15.1. The molecule has 6 rings (SSSR count). The number of aromatic nitrogens is 3. The van der Waals surface area contributed by atoms with Crippen molar-refractivity contribution < 1.29 is 63.0 Å². The minimum atomic E-state index is -1.78. The fourth-order valence-corrected chi connectivity index (χ4v) is 12.5. The second-order valence-electron chi connectivity index (χ2n) is 26.9. The third-order valence-electron chi connectivity index (χ3n) is 18.1. The van der Waals surface area contributed by atoms with E-state index < -0.39 is 127 Å². The zero-order valence-corrected chi connectivity index (χ0v) is 59.1. The number of aliphatic imine (C=N–C) groups is 1. The molecule has 560 valence electrons. The number of carbonyl (C=O) groups is 11. The Morgan fingerprint density at radius 2 is 1.22 bits per heavy atom. The minimum Gasteiger partial charge on any atom is -0.508 e. The summed E-state index contributed by atoms with van der Waals surface area (Å²) in [5.74, 6) is -8.69. The van der Waals surface area contributed by atoms with Gasteiger partial charge in [0, 0.05) is 67.8 Å². The number of aromatic amines is 2. The number of guanidine groups is 1. The number of nitrogens with zero attached hydrogens (tertiary/aromatic N) is 3. The van der Waals surface area contributed by atoms with Gasteiger partial charge in [-0.3, -0.25) is 57.7 Å². The van der Waals surface area contributed by atoms with Gasteiger partial charge in [0.25, 0.3) is 0 Å². The van der Waals surface area contributed by atoms with E-state index in [0.29, 0.717) is 53.5 Å². The summed E-state index contributed by atoms with van der Waals surface area (Å²) in [6, 6.07) is 1.08. The first-order valence-corrected chi connectivity index (χ1v) is 36.0. The number of phenols is 1. The number of H-pyrrole nitrogens is 2. The van der Waals surface area contributed by atoms with Gasteiger partial charge in [-0.25, -0.2) is 4.98 Å². The van der Waals surface area contributed by atoms with Gasteiger partial charge in [-0.15, -0.1) is 0 Å². The lowest BCUT2D eigenvalue weighted by atomic mass is 10.00. The number of primary amides is 1. The molecule has 2 fully saturated rings. The van der Waals surface area contributed by atoms with Crippen molar-refractivity contribution in [3.05, 3.63) is 84.1 Å². The van der Waals surface area contributed by atoms with Crippen LogP contribution in [0.15, 0.2) is 72.2 Å². The van der Waals surface area contributed by atoms with E-state index in [1.54, 1.807) is 18.3 Å². The Bertz CT molecular complexity index is 3400. The van der Waals surface area contributed by atoms with Crippen molar-refractivity contribution in [2.45, 2.75) is 223 Å². The van der Waals surface area contributed by atoms with E-state index in [4.69, 9.17) is 17.2 Å². The average molecular weight is 1420 g/mol. The van der Waals surface area contributed by atoms with Crippen LogP contribution in [-0.4, -0.2) is 195 Å². The number of unbranched alkanes of at least 4 members (excludes halogenated alkanes) is 10. The lowest BCUT2D eigenvalue weighted by Crippen LogP contribution is -2.61. The number of hydrogen-bond acceptors (Lipinski definition) is 16. The number of rotatable bonds is 47. The number of nitrogens with two attached hydrogens (primary N) is 3. The molecule has 0 radical (unpaired) electrons. The zero-order chi connectivity index (χ0) is 73.9. The maximum atomic E-state index is 15.1. The second kappa shape index (κ2) is 43.2. The Morgan fingerprint density at radius 3 is 1.84 bits per heavy atom. The van der Waals surface area contributed by atoms with Crippen LogP contribution in [0, 0.1) is 5.92 Å². The molecule has 4 heterocycles. The Morgan fingerprint density at radius 1 is 0.637 bits per heavy atom. The van der Waals surface area contributed by atoms with E-state index >= 15 is 4.79 Å². The van der Waals surface area contributed by atoms with Crippen molar-refractivity contribution in [1.29, 1.82) is 0 Å². The number of aliphatic hydroxyl groups is 1. The average Bonchev–Trinajstić information content (AvgIpc) is 1.62. The highest BCUT2D eigenvalue weighted by Crippen LogP contribution is 2.23. The van der Waals surface area contributed by atoms with Gasteiger partial charge in [-0.2, -0.15) is 0 Å². The standard InChI is InChI=1S/C71H108N18O13/c1-4-5-6-7-8-9-10-11-12-16-31-75-32-17-15-22-51(62(94)84-54(35-44(2)3)64(96)83-53(23-18-33-77-71(73)74)70(102)89-34-19-24-59(89)69(101)79-41-60(72)92)82-65(97)55(36-45-25-27-48(91)28-26-45)85-68(100)58(42-90)88-66(98)56(37-46-39-78-50-21-14-13-20-49(46)50)86-67(99)57(38-47-40-76-43-80-47)87-63(95)52-29-30-61(93)81-52/h13-14,20-21,25-28,39-40,43-44,51-59,75,78,90-91H,4-12,15-19,22-24,29-38,41-42H2,1-3H3,(H2,72,92)(H,76,80)(H,79,101)(H,81,93)(H,82,97)(H,83,96)(H,84,94)(H,85,100)(H,86,99)(H,87,95)(H,88,98)(H4,73,74,77)/t51-,52+,53+,54+,55+,56+,57+,58+,59+/m1/s1. The molecule has 2 aliphatic rings. The molecular weight excluding hydrogens is 1310 g/mol. The number of amides is 11. The fraction of sp³-hybridized carbons (Fsp3) is 0.592. The smallest absolute Gasteiger partial charge is 0.245 e. The molecule has 2 saturated heterocycles. The van der Waals surface area contributed by atoms with Crippen LogP contribution >= 0.6 is 0 Å². The number of benzene rings is 2. The van der Waals surface area contributed by atoms with Gasteiger partial charge in [-0.1, -0.05) is 109 Å². The Balaban J connectivity index is 1.24. The van der Waals surface area contributed by atoms with Crippen LogP contribution < -0.4 is 70.4 Å². The summed E-state index contributed by atoms with van der Waals surface area (Å²) >= 11 is 0. The van der Waals surface area contributed by atoms with Crippen molar-refractivity contribution in [3.63, 3.8) is 0 Å². The molecular formula is C71H108N18O13. The normalized spacial score (nSPS) is 16.3. The molecule has 0 spiro atoms. The van der Waals surface area contributed by atoms with E-state index in [-0.39, 0.29) is 101 Å². The number of phenolic OH excluding ortho intramolecular Hbond substituents is 1. The summed E-state index contributed by atoms with van der Waals surface area (Å²) in [5.41, 5.74) is 18.7. The molecule has 0 saturated carbocycles. The van der Waals surface area contributed by atoms with Gasteiger partial charge in [0.15, 0.2) is 5.96 Å². The summed E-state index contributed by atoms with van der Waals surface area (Å²) < 4.78 is 0. The molecule has 2 aliphatic heterocycles. The number of hydrogen-bond donors (Lipinski definition) is 17. The Hall–Kier alpha value is -9.65. The molecule has 31 nitrogen and oxygen atoms in total. The molecule has 0 bridgehead atoms. The van der Waals surface area contributed by atoms with Crippen molar-refractivity contribution >= 4 is 81.8 Å². The number of carbonyl (C=O) groups excluding carboxylic acids is 11. The van der Waals surface area contributed by atoms with E-state index in [0.717, 1.165) is 25.8 Å². The fourth-order valence-electron chi connectivity index (χ4n) is 12.5. The second-order valence-corrected chi connectivity index (χ2v) is 26.9. The molecule has 20 N–H and O–H groups in total. The highest BCUT2D eigenvalue weighted by Gasteiger charge is 2.40. The van der Waals surface area contributed by atoms with Crippen molar-refractivity contribution in [2.24, 2.45) is 28.1 Å². The number of para-hydroxylation sites is 1. The number of imidazole rings is 1. The van der Waals surface area contributed by atoms with Gasteiger partial charge in [0.1, 0.15) is 60.1 Å². The van der Waals surface area contributed by atoms with Gasteiger partial charge < -0.3 is 95.4 Å². The van der Waals surface area contributed by atoms with Crippen LogP contribution in [0.2, 0.25) is 0 Å². The molecule has 0 unspecified atom stereocenters. The summed E-state index contributed by atoms with van der Waals surface area (Å²) in [5, 5.41) is 49.6. The summed E-state index contributed by atoms with van der Waals surface area (Å²) in [6.45, 7) is 6.01. The van der Waals surface area contributed by atoms with E-state index in [2.05, 4.69) is 80.0 Å². The monoisotopic (exact) mass is 1420 g/mol. The molecule has 2 aromatic heterocycles. The number of nitrogens with one attached hydrogen (secondary N) is 12. The lowest BCUT2D eigenvalue weighted by Gasteiger charge is -2.30. The van der Waals surface area contributed by atoms with Crippen molar-refractivity contribution in [3.8, 4) is 5.75 Å². The number of aromatic hydroxyl groups is 1. The van der Waals surface area contributed by atoms with Crippen LogP contribution in [0.4, 0.5) is 0 Å². The summed E-state index contributed by atoms with van der Waals surface area (Å²) in [7, 11) is 0. The predicted molar refractivity (Wildman–Crippen MR) is 383 cm³/mol. The summed E-state index contributed by atoms with van der Waals surface area (Å²) in [6.07, 6.45) is 18.2. The molecule has 31 heteroatoms. The highest BCUT2D eigenvalue weighted by molar-refractivity contribution is 6.00. The van der Waals surface area contributed by atoms with E-state index in [9.17, 15) is 58.2 Å². The van der Waals surface area contributed by atoms with Crippen molar-refractivity contribution in [1.82, 2.24) is 73.0 Å². The Kier molecular flexibility index (Phi) is 34.5. The van der Waals surface area contributed by atoms with E-state index in [1.165, 1.54) is 86.6 Å². The lowest BCUT2D eigenvalue weighted by molar-refractivity contribution is -0.142. The van der Waals surface area contributed by atoms with Crippen LogP contribution in [0.25, 0.3) is 10.9 Å². The molecule has 102 heavy (non-hydrogen) atoms. The largest absolute Gasteiger partial charge is 0.508 e. The Labute approximate surface area is 595 Å². The first kappa shape index (κ1) is 81.3. The maximum Gasteiger partial charge on any atom is 0.245 e. The molecule has 11 amide bonds. The third kappa shape index (κ3) is 27.7. The van der Waals surface area contributed by atoms with Crippen molar-refractivity contribution in [2.75, 3.05) is 39.3 Å². The first-order chi connectivity index (χ1) is 49.0. The minimum absolute atomic E-state index is 0.0115. The molecule has 2 aromatic carbocycles. The van der Waals surface area contributed by atoms with Crippen LogP contribution in [0.3, 0.4) is 0 Å². The zero-order valence-electron chi connectivity index (χ0n) is 59.1. The number of likely N-dealkylation sites (tertiary alicyclic amines) is 1. The summed E-state index contributed by atoms with van der Waals surface area (Å²) in [4.78, 5) is 169. The molecule has 9 atom stereocenters. The van der Waals surface area contributed by atoms with Gasteiger partial charge in [0.2, 0.25) is 65.0 Å². The van der Waals surface area contributed by atoms with Crippen LogP contribution in [-0.2, 0) is 72.0 Å². The van der Waals surface area contributed by atoms with Gasteiger partial charge in [0.05, 0.1) is 19.5 Å². The van der Waals surface area contributed by atoms with Crippen LogP contribution in [0.5, 0.6) is 5.75 Å². The van der Waals surface area contributed by atoms with Gasteiger partial charge in [-0.05, 0) is 113 Å². The van der Waals surface area contributed by atoms with Crippen LogP contribution in [0.1, 0.15) is 166 Å². The molecule has 0 aliphatic carbocycles.